The average Bonchev–Trinajstić information content (AvgIpc) is 3.28. The van der Waals surface area contributed by atoms with Crippen LogP contribution in [-0.2, 0) is 17.4 Å². The predicted octanol–water partition coefficient (Wildman–Crippen LogP) is 7.34. The van der Waals surface area contributed by atoms with Crippen LogP contribution in [0, 0.1) is 30.6 Å². The van der Waals surface area contributed by atoms with Crippen LogP contribution in [0.2, 0.25) is 0 Å². The topological polar surface area (TPSA) is 65.1 Å². The summed E-state index contributed by atoms with van der Waals surface area (Å²) in [6, 6.07) is 13.5. The molecule has 2 aromatic rings. The van der Waals surface area contributed by atoms with Gasteiger partial charge in [0.15, 0.2) is 0 Å². The van der Waals surface area contributed by atoms with Gasteiger partial charge in [-0.2, -0.15) is 0 Å². The molecule has 0 radical (unpaired) electrons. The highest BCUT2D eigenvalue weighted by molar-refractivity contribution is 7.84. The number of carbonyl (C=O) groups is 1. The van der Waals surface area contributed by atoms with Gasteiger partial charge in [-0.05, 0) is 118 Å². The number of ether oxygens (including phenoxy) is 1. The summed E-state index contributed by atoms with van der Waals surface area (Å²) in [5.74, 6) is 3.13. The number of piperidine rings is 1. The number of aryl methyl sites for hydroxylation is 2. The van der Waals surface area contributed by atoms with E-state index >= 15 is 0 Å². The first kappa shape index (κ1) is 36.0. The van der Waals surface area contributed by atoms with Crippen molar-refractivity contribution in [3.8, 4) is 5.75 Å². The maximum absolute atomic E-state index is 13.6. The molecule has 4 heterocycles. The van der Waals surface area contributed by atoms with Crippen molar-refractivity contribution in [2.75, 3.05) is 57.3 Å². The van der Waals surface area contributed by atoms with Crippen molar-refractivity contribution in [2.45, 2.75) is 109 Å². The Morgan fingerprint density at radius 1 is 0.920 bits per heavy atom. The third kappa shape index (κ3) is 7.97. The highest BCUT2D eigenvalue weighted by Crippen LogP contribution is 2.45. The van der Waals surface area contributed by atoms with Crippen LogP contribution in [0.4, 0.5) is 5.69 Å². The van der Waals surface area contributed by atoms with E-state index in [-0.39, 0.29) is 23.0 Å². The maximum atomic E-state index is 13.6. The molecule has 8 heteroatoms. The lowest BCUT2D eigenvalue weighted by Crippen LogP contribution is -2.56. The molecule has 1 saturated carbocycles. The van der Waals surface area contributed by atoms with Crippen LogP contribution in [0.3, 0.4) is 0 Å². The number of benzene rings is 2. The summed E-state index contributed by atoms with van der Waals surface area (Å²) in [4.78, 5) is 21.7. The Bertz CT molecular complexity index is 1520. The Kier molecular flexibility index (Phi) is 11.6. The number of rotatable bonds is 5. The SMILES string of the molecule is CCCc1cc(C)ccc1C1COc2ccc3cc2N(C1)CC1CCC1C(CN1CCN2CCCCC2C1)CCCC(C)C(C)S(=O)NC3=O. The Balaban J connectivity index is 1.19. The standard InChI is InChI=1S/C42H62N4O3S/c1-5-9-32-22-29(2)13-16-38(32)36-26-46-25-35-14-17-39(35)34(24-44-20-21-45-19-7-6-12-37(45)27-44)11-8-10-30(3)31(4)50(48)43-42(47)33-15-18-41(49-28-36)40(46)23-33/h13,15-16,18,22-23,30-31,34-37,39H,5-12,14,17,19-21,24-28H2,1-4H3,(H,43,47). The van der Waals surface area contributed by atoms with Crippen molar-refractivity contribution in [1.82, 2.24) is 14.5 Å². The van der Waals surface area contributed by atoms with Gasteiger partial charge in [-0.3, -0.25) is 14.4 Å². The first-order chi connectivity index (χ1) is 24.3. The second-order valence-electron chi connectivity index (χ2n) is 16.6. The van der Waals surface area contributed by atoms with E-state index in [0.29, 0.717) is 29.9 Å². The van der Waals surface area contributed by atoms with Crippen LogP contribution in [0.25, 0.3) is 0 Å². The lowest BCUT2D eigenvalue weighted by atomic mass is 9.65. The molecule has 1 aliphatic carbocycles. The van der Waals surface area contributed by atoms with Crippen LogP contribution in [0.5, 0.6) is 5.75 Å². The minimum Gasteiger partial charge on any atom is -0.491 e. The van der Waals surface area contributed by atoms with Crippen LogP contribution in [0.15, 0.2) is 36.4 Å². The smallest absolute Gasteiger partial charge is 0.263 e. The van der Waals surface area contributed by atoms with Gasteiger partial charge < -0.3 is 14.5 Å². The Morgan fingerprint density at radius 2 is 1.80 bits per heavy atom. The van der Waals surface area contributed by atoms with Gasteiger partial charge in [0.1, 0.15) is 16.7 Å². The zero-order chi connectivity index (χ0) is 34.8. The number of piperazine rings is 1. The summed E-state index contributed by atoms with van der Waals surface area (Å²) < 4.78 is 23.0. The van der Waals surface area contributed by atoms with Crippen LogP contribution in [-0.4, -0.2) is 83.6 Å². The van der Waals surface area contributed by atoms with Gasteiger partial charge in [0, 0.05) is 56.8 Å². The molecule has 2 aromatic carbocycles. The maximum Gasteiger partial charge on any atom is 0.263 e. The van der Waals surface area contributed by atoms with Gasteiger partial charge in [0.25, 0.3) is 5.91 Å². The van der Waals surface area contributed by atoms with Gasteiger partial charge in [-0.15, -0.1) is 0 Å². The number of hydrogen-bond donors (Lipinski definition) is 1. The van der Waals surface area contributed by atoms with E-state index in [4.69, 9.17) is 4.74 Å². The second-order valence-corrected chi connectivity index (χ2v) is 18.1. The third-order valence-electron chi connectivity index (χ3n) is 13.2. The molecule has 3 fully saturated rings. The molecule has 50 heavy (non-hydrogen) atoms. The van der Waals surface area contributed by atoms with Gasteiger partial charge in [-0.25, -0.2) is 4.21 Å². The van der Waals surface area contributed by atoms with Crippen LogP contribution < -0.4 is 14.4 Å². The molecular formula is C42H62N4O3S. The van der Waals surface area contributed by atoms with Gasteiger partial charge >= 0.3 is 0 Å². The van der Waals surface area contributed by atoms with Crippen molar-refractivity contribution in [3.05, 3.63) is 58.7 Å². The van der Waals surface area contributed by atoms with Gasteiger partial charge in [0.2, 0.25) is 0 Å². The Labute approximate surface area is 304 Å². The molecule has 2 saturated heterocycles. The molecule has 7 nitrogen and oxygen atoms in total. The zero-order valence-corrected chi connectivity index (χ0v) is 32.0. The second kappa shape index (κ2) is 16.1. The summed E-state index contributed by atoms with van der Waals surface area (Å²) in [5.41, 5.74) is 5.72. The number of fused-ring (bicyclic) bond motifs is 3. The number of carbonyl (C=O) groups excluding carboxylic acids is 1. The fraction of sp³-hybridized carbons (Fsp3) is 0.690. The summed E-state index contributed by atoms with van der Waals surface area (Å²) in [6.45, 7) is 17.4. The molecule has 2 bridgehead atoms. The van der Waals surface area contributed by atoms with Gasteiger partial charge in [-0.1, -0.05) is 56.9 Å². The van der Waals surface area contributed by atoms with E-state index in [9.17, 15) is 9.00 Å². The molecule has 1 N–H and O–H groups in total. The number of nitrogens with one attached hydrogen (secondary N) is 1. The number of amides is 1. The quantitative estimate of drug-likeness (QED) is 0.352. The van der Waals surface area contributed by atoms with Crippen LogP contribution in [0.1, 0.15) is 112 Å². The average molecular weight is 703 g/mol. The first-order valence-corrected chi connectivity index (χ1v) is 21.3. The molecule has 0 aromatic heterocycles. The molecule has 8 atom stereocenters. The summed E-state index contributed by atoms with van der Waals surface area (Å²) >= 11 is 0. The highest BCUT2D eigenvalue weighted by Gasteiger charge is 2.41. The van der Waals surface area contributed by atoms with Crippen molar-refractivity contribution >= 4 is 22.6 Å². The number of hydrogen-bond acceptors (Lipinski definition) is 6. The normalized spacial score (nSPS) is 32.9. The predicted molar refractivity (Wildman–Crippen MR) is 206 cm³/mol. The minimum absolute atomic E-state index is 0.102. The van der Waals surface area contributed by atoms with Crippen molar-refractivity contribution in [1.29, 1.82) is 0 Å². The van der Waals surface area contributed by atoms with Crippen molar-refractivity contribution in [3.63, 3.8) is 0 Å². The molecule has 4 aliphatic heterocycles. The summed E-state index contributed by atoms with van der Waals surface area (Å²) in [5, 5.41) is -0.102. The Morgan fingerprint density at radius 3 is 2.62 bits per heavy atom. The van der Waals surface area contributed by atoms with Crippen LogP contribution >= 0.6 is 0 Å². The van der Waals surface area contributed by atoms with E-state index in [0.717, 1.165) is 56.3 Å². The summed E-state index contributed by atoms with van der Waals surface area (Å²) in [7, 11) is -1.45. The monoisotopic (exact) mass is 702 g/mol. The molecule has 1 amide bonds. The first-order valence-electron chi connectivity index (χ1n) is 20.1. The summed E-state index contributed by atoms with van der Waals surface area (Å²) in [6.07, 6.45) is 12.3. The fourth-order valence-electron chi connectivity index (χ4n) is 9.89. The van der Waals surface area contributed by atoms with E-state index < -0.39 is 11.0 Å². The lowest BCUT2D eigenvalue weighted by Gasteiger charge is -2.49. The fourth-order valence-corrected chi connectivity index (χ4v) is 10.9. The largest absolute Gasteiger partial charge is 0.491 e. The molecule has 8 unspecified atom stereocenters. The van der Waals surface area contributed by atoms with Gasteiger partial charge in [0.05, 0.1) is 17.5 Å². The van der Waals surface area contributed by atoms with E-state index in [2.05, 4.69) is 58.4 Å². The molecule has 274 valence electrons. The van der Waals surface area contributed by atoms with E-state index in [1.807, 2.05) is 25.1 Å². The Hall–Kier alpha value is -2.42. The van der Waals surface area contributed by atoms with Crippen molar-refractivity contribution < 1.29 is 13.7 Å². The zero-order valence-electron chi connectivity index (χ0n) is 31.2. The third-order valence-corrected chi connectivity index (χ3v) is 14.7. The molecular weight excluding hydrogens is 641 g/mol. The van der Waals surface area contributed by atoms with E-state index in [1.165, 1.54) is 87.9 Å². The molecule has 0 spiro atoms. The number of anilines is 1. The number of nitrogens with zero attached hydrogens (tertiary/aromatic N) is 3. The molecule has 7 rings (SSSR count). The molecule has 5 aliphatic rings. The van der Waals surface area contributed by atoms with E-state index in [1.54, 1.807) is 0 Å². The minimum atomic E-state index is -1.45. The lowest BCUT2D eigenvalue weighted by molar-refractivity contribution is 0.0160. The van der Waals surface area contributed by atoms with Crippen molar-refractivity contribution in [2.24, 2.45) is 23.7 Å². The highest BCUT2D eigenvalue weighted by atomic mass is 32.2.